The average Bonchev–Trinajstić information content (AvgIpc) is 2.27. The molecule has 0 bridgehead atoms. The van der Waals surface area contributed by atoms with Crippen LogP contribution in [0.15, 0.2) is 24.3 Å². The van der Waals surface area contributed by atoms with Crippen LogP contribution in [0.4, 0.5) is 5.69 Å². The fourth-order valence-corrected chi connectivity index (χ4v) is 1.83. The summed E-state index contributed by atoms with van der Waals surface area (Å²) in [6.45, 7) is 10.5. The smallest absolute Gasteiger partial charge is 0.0396 e. The third-order valence-electron chi connectivity index (χ3n) is 3.20. The van der Waals surface area contributed by atoms with Crippen molar-refractivity contribution in [2.75, 3.05) is 18.0 Å². The number of hydrogen-bond acceptors (Lipinski definition) is 2. The maximum atomic E-state index is 6.24. The number of rotatable bonds is 5. The van der Waals surface area contributed by atoms with E-state index in [0.717, 1.165) is 19.5 Å². The number of anilines is 1. The standard InChI is InChI=1S/C14H24N2/c1-5-14(4,15)11-16(6-2)13-10-8-7-9-12(13)3/h7-10H,5-6,11,15H2,1-4H3. The van der Waals surface area contributed by atoms with Crippen LogP contribution in [0.5, 0.6) is 0 Å². The molecule has 0 aliphatic heterocycles. The SMILES string of the molecule is CCN(CC(C)(N)CC)c1ccccc1C. The van der Waals surface area contributed by atoms with Crippen molar-refractivity contribution < 1.29 is 0 Å². The minimum Gasteiger partial charge on any atom is -0.370 e. The Morgan fingerprint density at radius 1 is 1.25 bits per heavy atom. The summed E-state index contributed by atoms with van der Waals surface area (Å²) >= 11 is 0. The summed E-state index contributed by atoms with van der Waals surface area (Å²) in [5.74, 6) is 0. The molecule has 1 rings (SSSR count). The molecule has 1 aromatic rings. The zero-order chi connectivity index (χ0) is 12.2. The molecule has 2 nitrogen and oxygen atoms in total. The largest absolute Gasteiger partial charge is 0.370 e. The fourth-order valence-electron chi connectivity index (χ4n) is 1.83. The fraction of sp³-hybridized carbons (Fsp3) is 0.571. The molecule has 90 valence electrons. The number of hydrogen-bond donors (Lipinski definition) is 1. The second kappa shape index (κ2) is 5.35. The highest BCUT2D eigenvalue weighted by Gasteiger charge is 2.20. The lowest BCUT2D eigenvalue weighted by Crippen LogP contribution is -2.47. The van der Waals surface area contributed by atoms with Crippen LogP contribution >= 0.6 is 0 Å². The van der Waals surface area contributed by atoms with Gasteiger partial charge in [-0.3, -0.25) is 0 Å². The quantitative estimate of drug-likeness (QED) is 0.826. The van der Waals surface area contributed by atoms with Crippen LogP contribution in [0.25, 0.3) is 0 Å². The predicted octanol–water partition coefficient (Wildman–Crippen LogP) is 2.95. The van der Waals surface area contributed by atoms with E-state index < -0.39 is 0 Å². The summed E-state index contributed by atoms with van der Waals surface area (Å²) in [4.78, 5) is 2.36. The highest BCUT2D eigenvalue weighted by Crippen LogP contribution is 2.21. The molecule has 0 fully saturated rings. The topological polar surface area (TPSA) is 29.3 Å². The molecule has 0 heterocycles. The summed E-state index contributed by atoms with van der Waals surface area (Å²) in [6.07, 6.45) is 0.995. The zero-order valence-corrected chi connectivity index (χ0v) is 11.0. The highest BCUT2D eigenvalue weighted by atomic mass is 15.1. The third-order valence-corrected chi connectivity index (χ3v) is 3.20. The van der Waals surface area contributed by atoms with Gasteiger partial charge in [0.2, 0.25) is 0 Å². The zero-order valence-electron chi connectivity index (χ0n) is 11.0. The van der Waals surface area contributed by atoms with Crippen LogP contribution < -0.4 is 10.6 Å². The van der Waals surface area contributed by atoms with Crippen LogP contribution in [-0.4, -0.2) is 18.6 Å². The Morgan fingerprint density at radius 3 is 2.38 bits per heavy atom. The van der Waals surface area contributed by atoms with Crippen molar-refractivity contribution in [1.29, 1.82) is 0 Å². The van der Waals surface area contributed by atoms with E-state index in [1.165, 1.54) is 11.3 Å². The van der Waals surface area contributed by atoms with E-state index in [-0.39, 0.29) is 5.54 Å². The number of likely N-dealkylation sites (N-methyl/N-ethyl adjacent to an activating group) is 1. The van der Waals surface area contributed by atoms with Crippen molar-refractivity contribution >= 4 is 5.69 Å². The van der Waals surface area contributed by atoms with Crippen molar-refractivity contribution in [2.24, 2.45) is 5.73 Å². The molecule has 0 aliphatic carbocycles. The van der Waals surface area contributed by atoms with E-state index in [1.54, 1.807) is 0 Å². The first-order valence-electron chi connectivity index (χ1n) is 6.09. The van der Waals surface area contributed by atoms with Gasteiger partial charge < -0.3 is 10.6 Å². The molecule has 1 atom stereocenters. The van der Waals surface area contributed by atoms with Gasteiger partial charge in [-0.2, -0.15) is 0 Å². The molecule has 0 aromatic heterocycles. The molecule has 0 saturated carbocycles. The van der Waals surface area contributed by atoms with Crippen LogP contribution in [0.2, 0.25) is 0 Å². The molecule has 0 aliphatic rings. The second-order valence-electron chi connectivity index (χ2n) is 4.81. The summed E-state index contributed by atoms with van der Waals surface area (Å²) in [5, 5.41) is 0. The van der Waals surface area contributed by atoms with Crippen LogP contribution in [0.3, 0.4) is 0 Å². The first-order valence-corrected chi connectivity index (χ1v) is 6.09. The Balaban J connectivity index is 2.87. The monoisotopic (exact) mass is 220 g/mol. The second-order valence-corrected chi connectivity index (χ2v) is 4.81. The summed E-state index contributed by atoms with van der Waals surface area (Å²) in [7, 11) is 0. The van der Waals surface area contributed by atoms with Crippen LogP contribution in [0.1, 0.15) is 32.8 Å². The van der Waals surface area contributed by atoms with Crippen molar-refractivity contribution in [3.05, 3.63) is 29.8 Å². The number of aryl methyl sites for hydroxylation is 1. The molecule has 1 aromatic carbocycles. The molecular weight excluding hydrogens is 196 g/mol. The number of benzene rings is 1. The van der Waals surface area contributed by atoms with Gasteiger partial charge in [0.05, 0.1) is 0 Å². The van der Waals surface area contributed by atoms with Crippen molar-refractivity contribution in [3.63, 3.8) is 0 Å². The maximum absolute atomic E-state index is 6.24. The highest BCUT2D eigenvalue weighted by molar-refractivity contribution is 5.53. The Bertz CT molecular complexity index is 331. The molecule has 0 amide bonds. The Hall–Kier alpha value is -1.02. The summed E-state index contributed by atoms with van der Waals surface area (Å²) in [5.41, 5.74) is 8.74. The molecule has 16 heavy (non-hydrogen) atoms. The lowest BCUT2D eigenvalue weighted by molar-refractivity contribution is 0.448. The van der Waals surface area contributed by atoms with E-state index in [1.807, 2.05) is 0 Å². The third kappa shape index (κ3) is 3.24. The van der Waals surface area contributed by atoms with Crippen molar-refractivity contribution in [2.45, 2.75) is 39.7 Å². The van der Waals surface area contributed by atoms with Crippen LogP contribution in [0, 0.1) is 6.92 Å². The lowest BCUT2D eigenvalue weighted by Gasteiger charge is -2.33. The first kappa shape index (κ1) is 13.0. The van der Waals surface area contributed by atoms with Gasteiger partial charge in [0.1, 0.15) is 0 Å². The molecule has 2 N–H and O–H groups in total. The van der Waals surface area contributed by atoms with E-state index >= 15 is 0 Å². The lowest BCUT2D eigenvalue weighted by atomic mass is 9.99. The Labute approximate surface area is 99.5 Å². The van der Waals surface area contributed by atoms with Crippen LogP contribution in [-0.2, 0) is 0 Å². The predicted molar refractivity (Wildman–Crippen MR) is 71.9 cm³/mol. The molecule has 0 radical (unpaired) electrons. The van der Waals surface area contributed by atoms with Gasteiger partial charge in [0.15, 0.2) is 0 Å². The summed E-state index contributed by atoms with van der Waals surface area (Å²) < 4.78 is 0. The van der Waals surface area contributed by atoms with E-state index in [9.17, 15) is 0 Å². The Morgan fingerprint density at radius 2 is 1.88 bits per heavy atom. The molecule has 0 saturated heterocycles. The summed E-state index contributed by atoms with van der Waals surface area (Å²) in [6, 6.07) is 8.49. The van der Waals surface area contributed by atoms with E-state index in [2.05, 4.69) is 56.9 Å². The Kier molecular flexibility index (Phi) is 4.36. The number of para-hydroxylation sites is 1. The molecule has 1 unspecified atom stereocenters. The van der Waals surface area contributed by atoms with Crippen molar-refractivity contribution in [1.82, 2.24) is 0 Å². The normalized spacial score (nSPS) is 14.6. The number of nitrogens with zero attached hydrogens (tertiary/aromatic N) is 1. The molecule has 0 spiro atoms. The minimum absolute atomic E-state index is 0.113. The minimum atomic E-state index is -0.113. The first-order chi connectivity index (χ1) is 7.50. The maximum Gasteiger partial charge on any atom is 0.0396 e. The van der Waals surface area contributed by atoms with Gasteiger partial charge in [-0.15, -0.1) is 0 Å². The van der Waals surface area contributed by atoms with Crippen molar-refractivity contribution in [3.8, 4) is 0 Å². The average molecular weight is 220 g/mol. The van der Waals surface area contributed by atoms with E-state index in [0.29, 0.717) is 0 Å². The van der Waals surface area contributed by atoms with Gasteiger partial charge >= 0.3 is 0 Å². The van der Waals surface area contributed by atoms with Gasteiger partial charge in [0.25, 0.3) is 0 Å². The molecular formula is C14H24N2. The van der Waals surface area contributed by atoms with Gasteiger partial charge in [-0.25, -0.2) is 0 Å². The number of nitrogens with two attached hydrogens (primary N) is 1. The molecule has 2 heteroatoms. The van der Waals surface area contributed by atoms with Gasteiger partial charge in [-0.1, -0.05) is 25.1 Å². The van der Waals surface area contributed by atoms with Gasteiger partial charge in [-0.05, 0) is 38.8 Å². The van der Waals surface area contributed by atoms with Gasteiger partial charge in [0, 0.05) is 24.3 Å². The van der Waals surface area contributed by atoms with E-state index in [4.69, 9.17) is 5.73 Å².